The van der Waals surface area contributed by atoms with Crippen molar-refractivity contribution < 1.29 is 9.59 Å². The molecule has 5 nitrogen and oxygen atoms in total. The Bertz CT molecular complexity index is 1030. The topological polar surface area (TPSA) is 66.6 Å². The largest absolute Gasteiger partial charge is 0.369 e. The summed E-state index contributed by atoms with van der Waals surface area (Å²) in [7, 11) is 0. The maximum absolute atomic E-state index is 14.2. The number of rotatable bonds is 5. The molecule has 2 aromatic carbocycles. The number of amides is 2. The van der Waals surface area contributed by atoms with E-state index in [-0.39, 0.29) is 23.1 Å². The van der Waals surface area contributed by atoms with Gasteiger partial charge in [0.15, 0.2) is 0 Å². The van der Waals surface area contributed by atoms with Gasteiger partial charge < -0.3 is 10.6 Å². The van der Waals surface area contributed by atoms with Gasteiger partial charge in [0.05, 0.1) is 10.8 Å². The number of likely N-dealkylation sites (tertiary alicyclic amines) is 2. The molecule has 3 fully saturated rings. The lowest BCUT2D eigenvalue weighted by Crippen LogP contribution is -2.59. The summed E-state index contributed by atoms with van der Waals surface area (Å²) in [5, 5.41) is 0. The third-order valence-electron chi connectivity index (χ3n) is 8.73. The molecule has 1 saturated carbocycles. The first-order valence-electron chi connectivity index (χ1n) is 12.2. The van der Waals surface area contributed by atoms with Crippen LogP contribution in [0.15, 0.2) is 60.7 Å². The maximum atomic E-state index is 14.2. The zero-order valence-corrected chi connectivity index (χ0v) is 19.8. The van der Waals surface area contributed by atoms with Crippen molar-refractivity contribution >= 4 is 11.8 Å². The monoisotopic (exact) mass is 445 g/mol. The molecule has 2 saturated heterocycles. The molecule has 2 aromatic rings. The summed E-state index contributed by atoms with van der Waals surface area (Å²) in [6, 6.07) is 20.8. The van der Waals surface area contributed by atoms with E-state index < -0.39 is 10.8 Å². The zero-order valence-electron chi connectivity index (χ0n) is 19.8. The Labute approximate surface area is 196 Å². The van der Waals surface area contributed by atoms with E-state index in [2.05, 4.69) is 55.1 Å². The van der Waals surface area contributed by atoms with Gasteiger partial charge >= 0.3 is 0 Å². The van der Waals surface area contributed by atoms with Crippen molar-refractivity contribution in [3.63, 3.8) is 0 Å². The molecule has 2 amide bonds. The number of hydrogen-bond donors (Lipinski definition) is 1. The summed E-state index contributed by atoms with van der Waals surface area (Å²) in [6.07, 6.45) is 2.35. The summed E-state index contributed by atoms with van der Waals surface area (Å²) >= 11 is 0. The minimum Gasteiger partial charge on any atom is -0.369 e. The highest BCUT2D eigenvalue weighted by atomic mass is 16.2. The Morgan fingerprint density at radius 1 is 0.970 bits per heavy atom. The smallest absolute Gasteiger partial charge is 0.233 e. The molecule has 33 heavy (non-hydrogen) atoms. The van der Waals surface area contributed by atoms with E-state index in [1.54, 1.807) is 0 Å². The van der Waals surface area contributed by atoms with Crippen molar-refractivity contribution in [1.29, 1.82) is 0 Å². The van der Waals surface area contributed by atoms with Crippen LogP contribution in [0.3, 0.4) is 0 Å². The van der Waals surface area contributed by atoms with Crippen LogP contribution in [0.2, 0.25) is 0 Å². The Balaban J connectivity index is 1.39. The van der Waals surface area contributed by atoms with Crippen molar-refractivity contribution in [3.05, 3.63) is 71.8 Å². The summed E-state index contributed by atoms with van der Waals surface area (Å²) < 4.78 is 0. The molecule has 1 aliphatic carbocycles. The Morgan fingerprint density at radius 2 is 1.58 bits per heavy atom. The van der Waals surface area contributed by atoms with Gasteiger partial charge in [-0.1, -0.05) is 74.5 Å². The summed E-state index contributed by atoms with van der Waals surface area (Å²) in [5.74, 6) is 0.0879. The van der Waals surface area contributed by atoms with Crippen LogP contribution >= 0.6 is 0 Å². The standard InChI is InChI=1S/C28H35N3O2/c1-26(2)19-28(24(29)32)20-31(18-23(26)28)25(33)27(22-11-7-4-8-12-22)13-15-30(16-14-27)17-21-9-5-3-6-10-21/h3-12,23H,13-20H2,1-2H3,(H2,29,32)/t23-,28+/m1/s1. The van der Waals surface area contributed by atoms with Crippen molar-refractivity contribution in [2.45, 2.75) is 45.1 Å². The molecule has 0 radical (unpaired) electrons. The van der Waals surface area contributed by atoms with Crippen molar-refractivity contribution in [3.8, 4) is 0 Å². The SMILES string of the molecule is CC1(C)C[C@]2(C(N)=O)CN(C(=O)C3(c4ccccc4)CCN(Cc4ccccc4)CC3)C[C@H]12. The lowest BCUT2D eigenvalue weighted by atomic mass is 9.48. The van der Waals surface area contributed by atoms with Crippen LogP contribution < -0.4 is 5.73 Å². The molecule has 2 aliphatic heterocycles. The molecule has 0 unspecified atom stereocenters. The molecule has 2 atom stereocenters. The minimum absolute atomic E-state index is 0.0447. The molecule has 3 aliphatic rings. The van der Waals surface area contributed by atoms with E-state index >= 15 is 0 Å². The van der Waals surface area contributed by atoms with Crippen LogP contribution in [0.5, 0.6) is 0 Å². The molecular weight excluding hydrogens is 410 g/mol. The first-order chi connectivity index (χ1) is 15.8. The second-order valence-corrected chi connectivity index (χ2v) is 11.1. The number of primary amides is 1. The summed E-state index contributed by atoms with van der Waals surface area (Å²) in [4.78, 5) is 31.1. The number of piperidine rings is 1. The van der Waals surface area contributed by atoms with Gasteiger partial charge in [-0.25, -0.2) is 0 Å². The highest BCUT2D eigenvalue weighted by Crippen LogP contribution is 2.63. The summed E-state index contributed by atoms with van der Waals surface area (Å²) in [6.45, 7) is 8.15. The minimum atomic E-state index is -0.551. The third-order valence-corrected chi connectivity index (χ3v) is 8.73. The molecule has 174 valence electrons. The highest BCUT2D eigenvalue weighted by molar-refractivity contribution is 5.91. The van der Waals surface area contributed by atoms with Gasteiger partial charge in [-0.2, -0.15) is 0 Å². The number of carbonyl (C=O) groups excluding carboxylic acids is 2. The maximum Gasteiger partial charge on any atom is 0.233 e. The number of nitrogens with two attached hydrogens (primary N) is 1. The van der Waals surface area contributed by atoms with Crippen LogP contribution in [-0.2, 0) is 21.5 Å². The van der Waals surface area contributed by atoms with Gasteiger partial charge in [0.25, 0.3) is 0 Å². The van der Waals surface area contributed by atoms with Gasteiger partial charge in [-0.3, -0.25) is 14.5 Å². The van der Waals surface area contributed by atoms with E-state index in [0.29, 0.717) is 13.1 Å². The Morgan fingerprint density at radius 3 is 2.12 bits per heavy atom. The molecular formula is C28H35N3O2. The van der Waals surface area contributed by atoms with E-state index in [4.69, 9.17) is 5.73 Å². The van der Waals surface area contributed by atoms with Crippen LogP contribution in [0.1, 0.15) is 44.2 Å². The van der Waals surface area contributed by atoms with Gasteiger partial charge in [0.2, 0.25) is 11.8 Å². The Kier molecular flexibility index (Phi) is 5.36. The van der Waals surface area contributed by atoms with Crippen LogP contribution in [-0.4, -0.2) is 47.8 Å². The van der Waals surface area contributed by atoms with E-state index in [1.165, 1.54) is 5.56 Å². The fraction of sp³-hybridized carbons (Fsp3) is 0.500. The van der Waals surface area contributed by atoms with Gasteiger partial charge in [-0.15, -0.1) is 0 Å². The van der Waals surface area contributed by atoms with Crippen LogP contribution in [0, 0.1) is 16.7 Å². The molecule has 2 N–H and O–H groups in total. The fourth-order valence-electron chi connectivity index (χ4n) is 7.00. The van der Waals surface area contributed by atoms with Crippen molar-refractivity contribution in [1.82, 2.24) is 9.80 Å². The number of hydrogen-bond acceptors (Lipinski definition) is 3. The summed E-state index contributed by atoms with van der Waals surface area (Å²) in [5.41, 5.74) is 7.24. The molecule has 2 heterocycles. The number of carbonyl (C=O) groups is 2. The average Bonchev–Trinajstić information content (AvgIpc) is 3.17. The van der Waals surface area contributed by atoms with Gasteiger partial charge in [-0.05, 0) is 54.8 Å². The first-order valence-corrected chi connectivity index (χ1v) is 12.2. The van der Waals surface area contributed by atoms with Crippen LogP contribution in [0.4, 0.5) is 0 Å². The molecule has 5 rings (SSSR count). The first kappa shape index (κ1) is 22.1. The Hall–Kier alpha value is -2.66. The predicted molar refractivity (Wildman–Crippen MR) is 129 cm³/mol. The molecule has 0 bridgehead atoms. The predicted octanol–water partition coefficient (Wildman–Crippen LogP) is 3.58. The fourth-order valence-corrected chi connectivity index (χ4v) is 7.00. The quantitative estimate of drug-likeness (QED) is 0.765. The number of nitrogens with zero attached hydrogens (tertiary/aromatic N) is 2. The number of fused-ring (bicyclic) bond motifs is 1. The second kappa shape index (κ2) is 7.98. The molecule has 5 heteroatoms. The lowest BCUT2D eigenvalue weighted by Gasteiger charge is -2.54. The molecule has 0 aromatic heterocycles. The number of benzene rings is 2. The van der Waals surface area contributed by atoms with E-state index in [9.17, 15) is 9.59 Å². The third kappa shape index (κ3) is 3.57. The van der Waals surface area contributed by atoms with E-state index in [1.807, 2.05) is 29.2 Å². The zero-order chi connectivity index (χ0) is 23.3. The second-order valence-electron chi connectivity index (χ2n) is 11.1. The average molecular weight is 446 g/mol. The van der Waals surface area contributed by atoms with Gasteiger partial charge in [0.1, 0.15) is 0 Å². The highest BCUT2D eigenvalue weighted by Gasteiger charge is 2.67. The lowest BCUT2D eigenvalue weighted by molar-refractivity contribution is -0.148. The normalized spacial score (nSPS) is 28.1. The van der Waals surface area contributed by atoms with E-state index in [0.717, 1.165) is 44.5 Å². The van der Waals surface area contributed by atoms with Crippen LogP contribution in [0.25, 0.3) is 0 Å². The van der Waals surface area contributed by atoms with Crippen molar-refractivity contribution in [2.75, 3.05) is 26.2 Å². The molecule has 0 spiro atoms. The van der Waals surface area contributed by atoms with Crippen molar-refractivity contribution in [2.24, 2.45) is 22.5 Å². The van der Waals surface area contributed by atoms with Gasteiger partial charge in [0, 0.05) is 19.6 Å².